The van der Waals surface area contributed by atoms with E-state index in [4.69, 9.17) is 0 Å². The van der Waals surface area contributed by atoms with Crippen LogP contribution in [-0.4, -0.2) is 33.8 Å². The zero-order chi connectivity index (χ0) is 13.9. The van der Waals surface area contributed by atoms with Gasteiger partial charge in [-0.15, -0.1) is 5.12 Å². The molecule has 0 atom stereocenters. The third-order valence-electron chi connectivity index (χ3n) is 6.52. The Morgan fingerprint density at radius 1 is 0.762 bits per heavy atom. The molecule has 0 aromatic rings. The van der Waals surface area contributed by atoms with Gasteiger partial charge in [0.15, 0.2) is 0 Å². The average molecular weight is 285 g/mol. The first-order valence-corrected chi connectivity index (χ1v) is 8.99. The van der Waals surface area contributed by atoms with E-state index in [1.807, 2.05) is 0 Å². The molecule has 6 rings (SSSR count). The molecule has 0 spiro atoms. The summed E-state index contributed by atoms with van der Waals surface area (Å²) >= 11 is 0. The second-order valence-corrected chi connectivity index (χ2v) is 8.10. The summed E-state index contributed by atoms with van der Waals surface area (Å²) < 4.78 is 0. The molecule has 4 aliphatic carbocycles. The van der Waals surface area contributed by atoms with E-state index < -0.39 is 0 Å². The molecule has 4 bridgehead atoms. The highest BCUT2D eigenvalue weighted by Crippen LogP contribution is 2.58. The van der Waals surface area contributed by atoms with Crippen LogP contribution in [0.1, 0.15) is 51.4 Å². The van der Waals surface area contributed by atoms with Crippen LogP contribution in [0.3, 0.4) is 0 Å². The maximum Gasteiger partial charge on any atom is 0.0621 e. The van der Waals surface area contributed by atoms with Gasteiger partial charge in [0.25, 0.3) is 0 Å². The van der Waals surface area contributed by atoms with Crippen molar-refractivity contribution in [1.29, 1.82) is 0 Å². The zero-order valence-corrected chi connectivity index (χ0v) is 13.0. The fourth-order valence-electron chi connectivity index (χ4n) is 6.27. The van der Waals surface area contributed by atoms with E-state index in [9.17, 15) is 0 Å². The lowest BCUT2D eigenvalue weighted by molar-refractivity contribution is -0.247. The van der Waals surface area contributed by atoms with Gasteiger partial charge in [0.1, 0.15) is 0 Å². The first-order valence-electron chi connectivity index (χ1n) is 8.99. The first-order chi connectivity index (χ1) is 10.3. The molecule has 0 amide bonds. The summed E-state index contributed by atoms with van der Waals surface area (Å²) in [5.74, 6) is 3.03. The molecular formula is C18H27N3. The molecule has 114 valence electrons. The topological polar surface area (TPSA) is 9.72 Å². The molecule has 4 fully saturated rings. The second-order valence-electron chi connectivity index (χ2n) is 8.10. The third-order valence-corrected chi connectivity index (χ3v) is 6.52. The Morgan fingerprint density at radius 3 is 1.62 bits per heavy atom. The molecule has 0 unspecified atom stereocenters. The van der Waals surface area contributed by atoms with Gasteiger partial charge < -0.3 is 0 Å². The number of hydrogen-bond acceptors (Lipinski definition) is 3. The SMILES string of the molecule is C1=CN(N(N2C=CCC2)C23CC4CC(CC(C4)C2)C3)CC1. The van der Waals surface area contributed by atoms with Gasteiger partial charge in [-0.05, 0) is 69.1 Å². The van der Waals surface area contributed by atoms with Crippen molar-refractivity contribution in [2.45, 2.75) is 56.9 Å². The molecule has 2 heterocycles. The van der Waals surface area contributed by atoms with Crippen molar-refractivity contribution in [3.05, 3.63) is 24.6 Å². The molecule has 2 aliphatic heterocycles. The molecule has 0 N–H and O–H groups in total. The van der Waals surface area contributed by atoms with E-state index in [1.165, 1.54) is 64.5 Å². The van der Waals surface area contributed by atoms with Gasteiger partial charge in [0.2, 0.25) is 0 Å². The zero-order valence-electron chi connectivity index (χ0n) is 13.0. The monoisotopic (exact) mass is 285 g/mol. The summed E-state index contributed by atoms with van der Waals surface area (Å²) in [4.78, 5) is 0. The Morgan fingerprint density at radius 2 is 1.24 bits per heavy atom. The molecule has 4 saturated carbocycles. The van der Waals surface area contributed by atoms with Crippen LogP contribution in [-0.2, 0) is 0 Å². The number of nitrogens with zero attached hydrogens (tertiary/aromatic N) is 3. The van der Waals surface area contributed by atoms with Crippen molar-refractivity contribution in [3.63, 3.8) is 0 Å². The van der Waals surface area contributed by atoms with Crippen LogP contribution in [0.2, 0.25) is 0 Å². The second kappa shape index (κ2) is 4.52. The molecule has 6 aliphatic rings. The Balaban J connectivity index is 1.51. The fourth-order valence-corrected chi connectivity index (χ4v) is 6.27. The minimum absolute atomic E-state index is 0.429. The van der Waals surface area contributed by atoms with Crippen LogP contribution >= 0.6 is 0 Å². The van der Waals surface area contributed by atoms with E-state index in [0.717, 1.165) is 17.8 Å². The smallest absolute Gasteiger partial charge is 0.0621 e. The van der Waals surface area contributed by atoms with E-state index >= 15 is 0 Å². The Labute approximate surface area is 128 Å². The summed E-state index contributed by atoms with van der Waals surface area (Å²) in [6.45, 7) is 2.35. The van der Waals surface area contributed by atoms with E-state index in [0.29, 0.717) is 5.54 Å². The van der Waals surface area contributed by atoms with Gasteiger partial charge in [0.05, 0.1) is 5.54 Å². The van der Waals surface area contributed by atoms with Gasteiger partial charge in [-0.3, -0.25) is 10.0 Å². The van der Waals surface area contributed by atoms with Crippen LogP contribution in [0.15, 0.2) is 24.6 Å². The predicted molar refractivity (Wildman–Crippen MR) is 83.7 cm³/mol. The predicted octanol–water partition coefficient (Wildman–Crippen LogP) is 3.53. The lowest BCUT2D eigenvalue weighted by atomic mass is 9.53. The van der Waals surface area contributed by atoms with Gasteiger partial charge in [0, 0.05) is 25.5 Å². The molecule has 0 aromatic heterocycles. The molecule has 0 aromatic carbocycles. The molecule has 0 saturated heterocycles. The Kier molecular flexibility index (Phi) is 2.70. The van der Waals surface area contributed by atoms with Crippen LogP contribution in [0.4, 0.5) is 0 Å². The highest BCUT2D eigenvalue weighted by molar-refractivity contribution is 5.09. The highest BCUT2D eigenvalue weighted by Gasteiger charge is 2.56. The maximum atomic E-state index is 2.71. The average Bonchev–Trinajstić information content (AvgIpc) is 3.10. The van der Waals surface area contributed by atoms with E-state index in [2.05, 4.69) is 39.7 Å². The molecule has 3 nitrogen and oxygen atoms in total. The van der Waals surface area contributed by atoms with Gasteiger partial charge in [-0.1, -0.05) is 12.2 Å². The van der Waals surface area contributed by atoms with Gasteiger partial charge >= 0.3 is 0 Å². The first kappa shape index (κ1) is 12.6. The molecule has 21 heavy (non-hydrogen) atoms. The maximum absolute atomic E-state index is 2.71. The molecule has 0 radical (unpaired) electrons. The normalized spacial score (nSPS) is 43.8. The van der Waals surface area contributed by atoms with Crippen LogP contribution in [0.5, 0.6) is 0 Å². The summed E-state index contributed by atoms with van der Waals surface area (Å²) in [5, 5.41) is 7.77. The number of rotatable bonds is 3. The van der Waals surface area contributed by atoms with Gasteiger partial charge in [-0.25, -0.2) is 0 Å². The van der Waals surface area contributed by atoms with Crippen LogP contribution in [0, 0.1) is 17.8 Å². The number of hydrazine groups is 2. The minimum atomic E-state index is 0.429. The summed E-state index contributed by atoms with van der Waals surface area (Å²) in [6, 6.07) is 0. The standard InChI is InChI=1S/C18H27N3/c1-2-6-19(5-1)21(20-7-3-4-8-20)18-12-15-9-16(13-18)11-17(10-15)14-18/h1,3,5,7,15-17H,2,4,6,8-14H2. The van der Waals surface area contributed by atoms with Crippen molar-refractivity contribution in [1.82, 2.24) is 15.1 Å². The summed E-state index contributed by atoms with van der Waals surface area (Å²) in [7, 11) is 0. The number of hydrogen-bond donors (Lipinski definition) is 0. The van der Waals surface area contributed by atoms with Crippen LogP contribution in [0.25, 0.3) is 0 Å². The molecular weight excluding hydrogens is 258 g/mol. The van der Waals surface area contributed by atoms with Crippen molar-refractivity contribution in [2.75, 3.05) is 13.1 Å². The Bertz CT molecular complexity index is 424. The van der Waals surface area contributed by atoms with E-state index in [-0.39, 0.29) is 0 Å². The van der Waals surface area contributed by atoms with Crippen LogP contribution < -0.4 is 0 Å². The van der Waals surface area contributed by atoms with Crippen molar-refractivity contribution in [3.8, 4) is 0 Å². The highest BCUT2D eigenvalue weighted by atomic mass is 15.9. The molecule has 3 heteroatoms. The third kappa shape index (κ3) is 1.89. The lowest BCUT2D eigenvalue weighted by Crippen LogP contribution is -2.67. The fraction of sp³-hybridized carbons (Fsp3) is 0.778. The van der Waals surface area contributed by atoms with Crippen molar-refractivity contribution in [2.24, 2.45) is 17.8 Å². The van der Waals surface area contributed by atoms with Crippen molar-refractivity contribution >= 4 is 0 Å². The summed E-state index contributed by atoms with van der Waals surface area (Å²) in [6.07, 6.45) is 20.7. The van der Waals surface area contributed by atoms with Crippen molar-refractivity contribution < 1.29 is 0 Å². The Hall–Kier alpha value is -0.960. The minimum Gasteiger partial charge on any atom is -0.295 e. The lowest BCUT2D eigenvalue weighted by Gasteiger charge is -2.62. The van der Waals surface area contributed by atoms with Gasteiger partial charge in [-0.2, -0.15) is 0 Å². The summed E-state index contributed by atoms with van der Waals surface area (Å²) in [5.41, 5.74) is 0.429. The quantitative estimate of drug-likeness (QED) is 0.785. The van der Waals surface area contributed by atoms with E-state index in [1.54, 1.807) is 0 Å². The largest absolute Gasteiger partial charge is 0.295 e.